The summed E-state index contributed by atoms with van der Waals surface area (Å²) in [4.78, 5) is 6.00. The van der Waals surface area contributed by atoms with Crippen LogP contribution in [0.2, 0.25) is 0 Å². The summed E-state index contributed by atoms with van der Waals surface area (Å²) in [5, 5.41) is 13.9. The molecule has 0 bridgehead atoms. The van der Waals surface area contributed by atoms with Gasteiger partial charge in [-0.1, -0.05) is 5.16 Å². The highest BCUT2D eigenvalue weighted by Crippen LogP contribution is 2.32. The standard InChI is InChI=1S/C14H13N3OS2/c1-8-6-19-7-10(8)13-16-14(18-17-13)12-9-3-5-20-11(9)2-4-15-12/h3,5-7,12,15H,2,4H2,1H3. The minimum absolute atomic E-state index is 0.0326. The van der Waals surface area contributed by atoms with E-state index >= 15 is 0 Å². The van der Waals surface area contributed by atoms with Crippen LogP contribution in [0, 0.1) is 6.92 Å². The first-order chi connectivity index (χ1) is 9.83. The number of nitrogens with zero attached hydrogens (tertiary/aromatic N) is 2. The summed E-state index contributed by atoms with van der Waals surface area (Å²) in [6.45, 7) is 3.02. The zero-order valence-electron chi connectivity index (χ0n) is 10.9. The van der Waals surface area contributed by atoms with Gasteiger partial charge in [0.15, 0.2) is 0 Å². The van der Waals surface area contributed by atoms with Crippen molar-refractivity contribution in [3.63, 3.8) is 0 Å². The van der Waals surface area contributed by atoms with Crippen molar-refractivity contribution in [3.8, 4) is 11.4 Å². The van der Waals surface area contributed by atoms with Crippen LogP contribution < -0.4 is 5.32 Å². The SMILES string of the molecule is Cc1cscc1-c1noc(C2NCCc3sccc32)n1. The number of rotatable bonds is 2. The van der Waals surface area contributed by atoms with Gasteiger partial charge in [-0.15, -0.1) is 11.3 Å². The molecule has 0 aliphatic carbocycles. The molecule has 0 spiro atoms. The molecule has 0 fully saturated rings. The van der Waals surface area contributed by atoms with E-state index in [4.69, 9.17) is 4.52 Å². The second kappa shape index (κ2) is 4.80. The maximum atomic E-state index is 5.49. The number of aromatic nitrogens is 2. The van der Waals surface area contributed by atoms with Crippen molar-refractivity contribution in [3.05, 3.63) is 44.1 Å². The molecule has 3 aromatic heterocycles. The van der Waals surface area contributed by atoms with Crippen molar-refractivity contribution in [2.75, 3.05) is 6.54 Å². The van der Waals surface area contributed by atoms with Gasteiger partial charge in [-0.2, -0.15) is 16.3 Å². The lowest BCUT2D eigenvalue weighted by atomic mass is 10.0. The Balaban J connectivity index is 1.72. The molecule has 0 radical (unpaired) electrons. The zero-order chi connectivity index (χ0) is 13.5. The van der Waals surface area contributed by atoms with Gasteiger partial charge >= 0.3 is 0 Å². The molecule has 6 heteroatoms. The van der Waals surface area contributed by atoms with E-state index in [0.717, 1.165) is 18.5 Å². The molecule has 0 saturated heterocycles. The van der Waals surface area contributed by atoms with Crippen molar-refractivity contribution >= 4 is 22.7 Å². The molecule has 4 rings (SSSR count). The molecule has 1 atom stereocenters. The van der Waals surface area contributed by atoms with Gasteiger partial charge in [-0.05, 0) is 41.3 Å². The summed E-state index contributed by atoms with van der Waals surface area (Å²) in [5.74, 6) is 1.34. The summed E-state index contributed by atoms with van der Waals surface area (Å²) < 4.78 is 5.49. The molecule has 102 valence electrons. The van der Waals surface area contributed by atoms with Crippen LogP contribution in [0.25, 0.3) is 11.4 Å². The van der Waals surface area contributed by atoms with Crippen LogP contribution in [-0.4, -0.2) is 16.7 Å². The maximum absolute atomic E-state index is 5.49. The van der Waals surface area contributed by atoms with Crippen molar-refractivity contribution < 1.29 is 4.52 Å². The molecule has 0 aromatic carbocycles. The molecule has 1 aliphatic rings. The molecular formula is C14H13N3OS2. The third kappa shape index (κ3) is 1.91. The predicted octanol–water partition coefficient (Wildman–Crippen LogP) is 3.40. The lowest BCUT2D eigenvalue weighted by Crippen LogP contribution is -2.29. The van der Waals surface area contributed by atoms with E-state index in [1.54, 1.807) is 22.7 Å². The van der Waals surface area contributed by atoms with Crippen LogP contribution in [0.3, 0.4) is 0 Å². The third-order valence-electron chi connectivity index (χ3n) is 3.58. The van der Waals surface area contributed by atoms with E-state index in [2.05, 4.69) is 44.6 Å². The first-order valence-electron chi connectivity index (χ1n) is 6.49. The highest BCUT2D eigenvalue weighted by Gasteiger charge is 2.27. The molecule has 3 aromatic rings. The Morgan fingerprint density at radius 2 is 2.35 bits per heavy atom. The van der Waals surface area contributed by atoms with Crippen LogP contribution in [-0.2, 0) is 6.42 Å². The number of hydrogen-bond acceptors (Lipinski definition) is 6. The van der Waals surface area contributed by atoms with Gasteiger partial charge in [0.05, 0.1) is 0 Å². The van der Waals surface area contributed by atoms with Crippen molar-refractivity contribution in [1.29, 1.82) is 0 Å². The maximum Gasteiger partial charge on any atom is 0.248 e. The van der Waals surface area contributed by atoms with Crippen LogP contribution in [0.1, 0.15) is 27.9 Å². The molecule has 0 amide bonds. The predicted molar refractivity (Wildman–Crippen MR) is 80.2 cm³/mol. The average molecular weight is 303 g/mol. The van der Waals surface area contributed by atoms with E-state index in [-0.39, 0.29) is 6.04 Å². The van der Waals surface area contributed by atoms with Gasteiger partial charge in [-0.3, -0.25) is 0 Å². The Labute approximate surface area is 124 Å². The topological polar surface area (TPSA) is 51.0 Å². The lowest BCUT2D eigenvalue weighted by Gasteiger charge is -2.20. The normalized spacial score (nSPS) is 18.1. The molecule has 4 nitrogen and oxygen atoms in total. The van der Waals surface area contributed by atoms with E-state index in [9.17, 15) is 0 Å². The van der Waals surface area contributed by atoms with Gasteiger partial charge < -0.3 is 9.84 Å². The van der Waals surface area contributed by atoms with Crippen molar-refractivity contribution in [2.24, 2.45) is 0 Å². The summed E-state index contributed by atoms with van der Waals surface area (Å²) in [7, 11) is 0. The number of hydrogen-bond donors (Lipinski definition) is 1. The van der Waals surface area contributed by atoms with E-state index in [0.29, 0.717) is 11.7 Å². The Kier molecular flexibility index (Phi) is 2.94. The quantitative estimate of drug-likeness (QED) is 0.788. The molecule has 20 heavy (non-hydrogen) atoms. The Hall–Kier alpha value is -1.50. The fourth-order valence-corrected chi connectivity index (χ4v) is 4.27. The second-order valence-electron chi connectivity index (χ2n) is 4.86. The first-order valence-corrected chi connectivity index (χ1v) is 8.31. The fraction of sp³-hybridized carbons (Fsp3) is 0.286. The highest BCUT2D eigenvalue weighted by atomic mass is 32.1. The summed E-state index contributed by atoms with van der Waals surface area (Å²) >= 11 is 3.46. The number of fused-ring (bicyclic) bond motifs is 1. The van der Waals surface area contributed by atoms with Crippen LogP contribution >= 0.6 is 22.7 Å². The van der Waals surface area contributed by atoms with Crippen molar-refractivity contribution in [1.82, 2.24) is 15.5 Å². The Morgan fingerprint density at radius 1 is 1.40 bits per heavy atom. The smallest absolute Gasteiger partial charge is 0.248 e. The highest BCUT2D eigenvalue weighted by molar-refractivity contribution is 7.10. The zero-order valence-corrected chi connectivity index (χ0v) is 12.6. The summed E-state index contributed by atoms with van der Waals surface area (Å²) in [6, 6.07) is 2.18. The monoisotopic (exact) mass is 303 g/mol. The van der Waals surface area contributed by atoms with E-state index in [1.807, 2.05) is 0 Å². The average Bonchev–Trinajstić information content (AvgIpc) is 3.17. The minimum atomic E-state index is 0.0326. The van der Waals surface area contributed by atoms with Gasteiger partial charge in [0, 0.05) is 22.4 Å². The van der Waals surface area contributed by atoms with Crippen LogP contribution in [0.4, 0.5) is 0 Å². The van der Waals surface area contributed by atoms with Gasteiger partial charge in [0.1, 0.15) is 6.04 Å². The van der Waals surface area contributed by atoms with Gasteiger partial charge in [0.2, 0.25) is 11.7 Å². The Bertz CT molecular complexity index is 743. The molecule has 1 N–H and O–H groups in total. The molecule has 4 heterocycles. The molecule has 1 aliphatic heterocycles. The second-order valence-corrected chi connectivity index (χ2v) is 6.61. The summed E-state index contributed by atoms with van der Waals surface area (Å²) in [6.07, 6.45) is 1.08. The van der Waals surface area contributed by atoms with Gasteiger partial charge in [0.25, 0.3) is 0 Å². The number of aryl methyl sites for hydroxylation is 1. The van der Waals surface area contributed by atoms with E-state index < -0.39 is 0 Å². The Morgan fingerprint density at radius 3 is 3.20 bits per heavy atom. The fourth-order valence-electron chi connectivity index (χ4n) is 2.52. The number of thiophene rings is 2. The largest absolute Gasteiger partial charge is 0.337 e. The van der Waals surface area contributed by atoms with Crippen LogP contribution in [0.15, 0.2) is 26.7 Å². The third-order valence-corrected chi connectivity index (χ3v) is 5.43. The summed E-state index contributed by atoms with van der Waals surface area (Å²) in [5.41, 5.74) is 3.53. The van der Waals surface area contributed by atoms with E-state index in [1.165, 1.54) is 16.0 Å². The van der Waals surface area contributed by atoms with Gasteiger partial charge in [-0.25, -0.2) is 0 Å². The molecule has 1 unspecified atom stereocenters. The molecular weight excluding hydrogens is 290 g/mol. The first kappa shape index (κ1) is 12.3. The minimum Gasteiger partial charge on any atom is -0.337 e. The van der Waals surface area contributed by atoms with Crippen LogP contribution in [0.5, 0.6) is 0 Å². The van der Waals surface area contributed by atoms with Crippen molar-refractivity contribution in [2.45, 2.75) is 19.4 Å². The molecule has 0 saturated carbocycles. The number of nitrogens with one attached hydrogen (secondary N) is 1. The lowest BCUT2D eigenvalue weighted by molar-refractivity contribution is 0.344.